The molecule has 7 nitrogen and oxygen atoms in total. The number of nitrogens with zero attached hydrogens (tertiary/aromatic N) is 2. The Kier molecular flexibility index (Phi) is 9.31. The highest BCUT2D eigenvalue weighted by Crippen LogP contribution is 2.33. The summed E-state index contributed by atoms with van der Waals surface area (Å²) in [5.74, 6) is -1.41. The molecule has 178 valence electrons. The first-order chi connectivity index (χ1) is 15.5. The van der Waals surface area contributed by atoms with Crippen LogP contribution in [0.2, 0.25) is 0 Å². The van der Waals surface area contributed by atoms with E-state index in [-0.39, 0.29) is 29.3 Å². The van der Waals surface area contributed by atoms with E-state index in [1.165, 1.54) is 40.2 Å². The van der Waals surface area contributed by atoms with E-state index in [2.05, 4.69) is 26.2 Å². The van der Waals surface area contributed by atoms with E-state index in [0.717, 1.165) is 5.56 Å². The van der Waals surface area contributed by atoms with Gasteiger partial charge in [0.05, 0.1) is 18.4 Å². The predicted octanol–water partition coefficient (Wildman–Crippen LogP) is 5.26. The zero-order valence-electron chi connectivity index (χ0n) is 18.7. The van der Waals surface area contributed by atoms with Crippen molar-refractivity contribution < 1.29 is 32.7 Å². The Morgan fingerprint density at radius 1 is 1.24 bits per heavy atom. The molecular weight excluding hydrogens is 521 g/mol. The Hall–Kier alpha value is -2.58. The molecular formula is C22H24BrF2N2O5P. The molecule has 0 aromatic heterocycles. The molecule has 0 amide bonds. The van der Waals surface area contributed by atoms with E-state index in [9.17, 15) is 13.6 Å². The maximum atomic E-state index is 14.7. The lowest BCUT2D eigenvalue weighted by Gasteiger charge is -2.20. The third-order valence-corrected chi connectivity index (χ3v) is 4.90. The van der Waals surface area contributed by atoms with Gasteiger partial charge in [0.2, 0.25) is 0 Å². The quantitative estimate of drug-likeness (QED) is 0.186. The van der Waals surface area contributed by atoms with Crippen molar-refractivity contribution >= 4 is 42.6 Å². The minimum Gasteiger partial charge on any atom is -0.464 e. The summed E-state index contributed by atoms with van der Waals surface area (Å²) >= 11 is 3.17. The molecule has 2 rings (SSSR count). The van der Waals surface area contributed by atoms with Crippen molar-refractivity contribution in [1.82, 2.24) is 0 Å². The molecule has 0 radical (unpaired) electrons. The number of carbonyl (C=O) groups is 1. The van der Waals surface area contributed by atoms with Crippen LogP contribution in [-0.4, -0.2) is 37.2 Å². The van der Waals surface area contributed by atoms with Gasteiger partial charge in [-0.1, -0.05) is 53.7 Å². The number of hydrogen-bond donors (Lipinski definition) is 0. The van der Waals surface area contributed by atoms with Crippen LogP contribution in [0.5, 0.6) is 5.75 Å². The fourth-order valence-electron chi connectivity index (χ4n) is 2.94. The van der Waals surface area contributed by atoms with Crippen LogP contribution in [0.15, 0.2) is 45.1 Å². The lowest BCUT2D eigenvalue weighted by molar-refractivity contribution is -0.132. The van der Waals surface area contributed by atoms with E-state index < -0.39 is 17.4 Å². The van der Waals surface area contributed by atoms with Crippen molar-refractivity contribution in [1.29, 1.82) is 0 Å². The SMILES string of the molecule is CO/N=C(/C(=O)OC)c1cccc(C)c1CO/N=C(\C)c1c(F)cc(Br)cc1OC(C)(F)P. The lowest BCUT2D eigenvalue weighted by Crippen LogP contribution is -2.20. The Balaban J connectivity index is 2.39. The summed E-state index contributed by atoms with van der Waals surface area (Å²) in [5.41, 5.74) is -0.257. The fraction of sp³-hybridized carbons (Fsp3) is 0.318. The molecule has 0 spiro atoms. The Bertz CT molecular complexity index is 1090. The van der Waals surface area contributed by atoms with Crippen molar-refractivity contribution in [3.8, 4) is 5.75 Å². The number of carbonyl (C=O) groups excluding carboxylic acids is 1. The van der Waals surface area contributed by atoms with E-state index in [4.69, 9.17) is 19.1 Å². The number of oxime groups is 2. The van der Waals surface area contributed by atoms with Crippen LogP contribution in [0, 0.1) is 12.7 Å². The normalized spacial score (nSPS) is 13.8. The van der Waals surface area contributed by atoms with Gasteiger partial charge in [0, 0.05) is 22.5 Å². The first-order valence-electron chi connectivity index (χ1n) is 9.59. The number of rotatable bonds is 9. The van der Waals surface area contributed by atoms with Gasteiger partial charge in [0.25, 0.3) is 5.60 Å². The van der Waals surface area contributed by atoms with Crippen LogP contribution in [0.4, 0.5) is 8.78 Å². The molecule has 0 fully saturated rings. The van der Waals surface area contributed by atoms with Gasteiger partial charge in [0.15, 0.2) is 5.71 Å². The molecule has 2 aromatic carbocycles. The summed E-state index contributed by atoms with van der Waals surface area (Å²) in [7, 11) is 4.43. The number of ether oxygens (including phenoxy) is 2. The van der Waals surface area contributed by atoms with Crippen LogP contribution >= 0.6 is 25.2 Å². The Morgan fingerprint density at radius 2 is 1.94 bits per heavy atom. The number of methoxy groups -OCH3 is 1. The molecule has 33 heavy (non-hydrogen) atoms. The first-order valence-corrected chi connectivity index (χ1v) is 11.0. The second-order valence-corrected chi connectivity index (χ2v) is 8.96. The maximum Gasteiger partial charge on any atom is 0.360 e. The monoisotopic (exact) mass is 544 g/mol. The summed E-state index contributed by atoms with van der Waals surface area (Å²) in [5, 5.41) is 7.75. The van der Waals surface area contributed by atoms with Crippen LogP contribution < -0.4 is 4.74 Å². The van der Waals surface area contributed by atoms with Gasteiger partial charge in [-0.05, 0) is 31.5 Å². The van der Waals surface area contributed by atoms with Crippen molar-refractivity contribution in [2.75, 3.05) is 14.2 Å². The minimum atomic E-state index is -2.12. The van der Waals surface area contributed by atoms with Crippen LogP contribution in [-0.2, 0) is 25.8 Å². The van der Waals surface area contributed by atoms with Crippen LogP contribution in [0.25, 0.3) is 0 Å². The predicted molar refractivity (Wildman–Crippen MR) is 128 cm³/mol. The van der Waals surface area contributed by atoms with E-state index in [0.29, 0.717) is 15.6 Å². The highest BCUT2D eigenvalue weighted by molar-refractivity contribution is 9.10. The smallest absolute Gasteiger partial charge is 0.360 e. The highest BCUT2D eigenvalue weighted by atomic mass is 79.9. The van der Waals surface area contributed by atoms with Gasteiger partial charge in [0.1, 0.15) is 25.3 Å². The number of aryl methyl sites for hydroxylation is 1. The lowest BCUT2D eigenvalue weighted by atomic mass is 9.99. The van der Waals surface area contributed by atoms with Crippen LogP contribution in [0.1, 0.15) is 36.1 Å². The number of hydrogen-bond acceptors (Lipinski definition) is 7. The second kappa shape index (κ2) is 11.5. The molecule has 0 bridgehead atoms. The molecule has 11 heteroatoms. The zero-order chi connectivity index (χ0) is 24.8. The zero-order valence-corrected chi connectivity index (χ0v) is 21.5. The second-order valence-electron chi connectivity index (χ2n) is 7.01. The van der Waals surface area contributed by atoms with Gasteiger partial charge in [-0.15, -0.1) is 0 Å². The van der Waals surface area contributed by atoms with Gasteiger partial charge >= 0.3 is 5.97 Å². The summed E-state index contributed by atoms with van der Waals surface area (Å²) in [4.78, 5) is 22.4. The molecule has 0 saturated carbocycles. The minimum absolute atomic E-state index is 0.0414. The maximum absolute atomic E-state index is 14.7. The fourth-order valence-corrected chi connectivity index (χ4v) is 3.47. The number of halogens is 3. The summed E-state index contributed by atoms with van der Waals surface area (Å²) in [6.45, 7) is 4.42. The van der Waals surface area contributed by atoms with E-state index >= 15 is 0 Å². The number of alkyl halides is 1. The molecule has 0 aliphatic carbocycles. The van der Waals surface area contributed by atoms with E-state index in [1.807, 2.05) is 22.2 Å². The van der Waals surface area contributed by atoms with Crippen molar-refractivity contribution in [2.24, 2.45) is 10.3 Å². The van der Waals surface area contributed by atoms with Crippen molar-refractivity contribution in [3.05, 3.63) is 62.9 Å². The summed E-state index contributed by atoms with van der Waals surface area (Å²) < 4.78 is 39.1. The number of benzene rings is 2. The Labute approximate surface area is 201 Å². The highest BCUT2D eigenvalue weighted by Gasteiger charge is 2.24. The largest absolute Gasteiger partial charge is 0.464 e. The topological polar surface area (TPSA) is 78.7 Å². The summed E-state index contributed by atoms with van der Waals surface area (Å²) in [6.07, 6.45) is 0. The van der Waals surface area contributed by atoms with Crippen molar-refractivity contribution in [2.45, 2.75) is 33.0 Å². The van der Waals surface area contributed by atoms with Gasteiger partial charge < -0.3 is 19.1 Å². The molecule has 2 unspecified atom stereocenters. The standard InChI is InChI=1S/C22H24BrF2N2O5P/c1-12-7-6-8-15(20(27-30-5)21(28)29-4)16(12)11-31-26-13(2)19-17(24)9-14(23)10-18(19)32-22(3,25)33/h6-10H,11,33H2,1-5H3/b26-13+,27-20+. The molecule has 0 saturated heterocycles. The average molecular weight is 545 g/mol. The van der Waals surface area contributed by atoms with Gasteiger partial charge in [-0.25, -0.2) is 9.18 Å². The third-order valence-electron chi connectivity index (χ3n) is 4.33. The molecule has 0 aliphatic rings. The number of esters is 1. The Morgan fingerprint density at radius 3 is 2.55 bits per heavy atom. The first kappa shape index (κ1) is 26.7. The third kappa shape index (κ3) is 7.20. The van der Waals surface area contributed by atoms with Gasteiger partial charge in [-0.3, -0.25) is 0 Å². The molecule has 2 aromatic rings. The summed E-state index contributed by atoms with van der Waals surface area (Å²) in [6, 6.07) is 7.88. The molecule has 0 heterocycles. The molecule has 2 atom stereocenters. The molecule has 0 aliphatic heterocycles. The average Bonchev–Trinajstić information content (AvgIpc) is 2.71. The molecule has 0 N–H and O–H groups in total. The van der Waals surface area contributed by atoms with E-state index in [1.54, 1.807) is 12.1 Å². The van der Waals surface area contributed by atoms with Crippen molar-refractivity contribution in [3.63, 3.8) is 0 Å². The van der Waals surface area contributed by atoms with Gasteiger partial charge in [-0.2, -0.15) is 4.39 Å². The van der Waals surface area contributed by atoms with Crippen LogP contribution in [0.3, 0.4) is 0 Å².